The molecule has 3 heterocycles. The highest BCUT2D eigenvalue weighted by atomic mass is 16.3. The number of hydrogen-bond acceptors (Lipinski definition) is 5. The Bertz CT molecular complexity index is 896. The maximum absolute atomic E-state index is 12.6. The lowest BCUT2D eigenvalue weighted by Crippen LogP contribution is -2.42. The van der Waals surface area contributed by atoms with Crippen LogP contribution in [0.25, 0.3) is 5.78 Å². The second-order valence-corrected chi connectivity index (χ2v) is 7.80. The van der Waals surface area contributed by atoms with Gasteiger partial charge in [-0.15, -0.1) is 0 Å². The Morgan fingerprint density at radius 1 is 1.44 bits per heavy atom. The Morgan fingerprint density at radius 2 is 2.20 bits per heavy atom. The van der Waals surface area contributed by atoms with Crippen LogP contribution < -0.4 is 0 Å². The molecule has 2 unspecified atom stereocenters. The molecule has 0 bridgehead atoms. The summed E-state index contributed by atoms with van der Waals surface area (Å²) in [6, 6.07) is 2.43. The van der Waals surface area contributed by atoms with Gasteiger partial charge in [-0.1, -0.05) is 13.8 Å². The van der Waals surface area contributed by atoms with Crippen LogP contribution in [0.15, 0.2) is 18.6 Å². The van der Waals surface area contributed by atoms with E-state index < -0.39 is 11.5 Å². The van der Waals surface area contributed by atoms with E-state index in [1.54, 1.807) is 21.7 Å². The fraction of sp³-hybridized carbons (Fsp3) is 0.556. The minimum atomic E-state index is -0.514. The molecular formula is C18H21N5O2. The monoisotopic (exact) mass is 339 g/mol. The molecule has 1 amide bonds. The summed E-state index contributed by atoms with van der Waals surface area (Å²) in [5, 5.41) is 19.4. The summed E-state index contributed by atoms with van der Waals surface area (Å²) >= 11 is 0. The third kappa shape index (κ3) is 2.40. The topological polar surface area (TPSA) is 94.5 Å². The number of imidazole rings is 1. The average Bonchev–Trinajstić information content (AvgIpc) is 2.96. The van der Waals surface area contributed by atoms with Crippen molar-refractivity contribution in [3.63, 3.8) is 0 Å². The Labute approximate surface area is 145 Å². The van der Waals surface area contributed by atoms with E-state index in [2.05, 4.69) is 29.9 Å². The molecule has 2 aliphatic rings. The molecule has 2 atom stereocenters. The lowest BCUT2D eigenvalue weighted by atomic mass is 9.91. The van der Waals surface area contributed by atoms with E-state index in [1.165, 1.54) is 0 Å². The largest absolute Gasteiger partial charge is 0.391 e. The van der Waals surface area contributed by atoms with E-state index >= 15 is 0 Å². The number of rotatable bonds is 2. The number of piperidine rings is 1. The molecule has 2 aromatic rings. The van der Waals surface area contributed by atoms with Gasteiger partial charge in [0.1, 0.15) is 5.69 Å². The molecule has 0 aromatic carbocycles. The number of hydrogen-bond donors (Lipinski definition) is 1. The van der Waals surface area contributed by atoms with Crippen molar-refractivity contribution in [2.75, 3.05) is 13.1 Å². The highest BCUT2D eigenvalue weighted by Crippen LogP contribution is 2.63. The van der Waals surface area contributed by atoms with E-state index in [1.807, 2.05) is 6.20 Å². The Kier molecular flexibility index (Phi) is 3.38. The van der Waals surface area contributed by atoms with Crippen LogP contribution in [0.4, 0.5) is 0 Å². The SMILES string of the molecule is CC1(C)CC1(C#N)c1cnc2nc(C(=O)N3CCCC(O)C3)cn2c1. The number of amides is 1. The number of carbonyl (C=O) groups excluding carboxylic acids is 1. The van der Waals surface area contributed by atoms with Crippen molar-refractivity contribution in [2.45, 2.75) is 44.6 Å². The second-order valence-electron chi connectivity index (χ2n) is 7.80. The summed E-state index contributed by atoms with van der Waals surface area (Å²) in [6.45, 7) is 5.13. The average molecular weight is 339 g/mol. The first-order valence-corrected chi connectivity index (χ1v) is 8.60. The number of nitriles is 1. The van der Waals surface area contributed by atoms with Gasteiger partial charge in [0.05, 0.1) is 17.6 Å². The number of nitrogens with zero attached hydrogens (tertiary/aromatic N) is 5. The van der Waals surface area contributed by atoms with Gasteiger partial charge in [-0.05, 0) is 24.7 Å². The maximum Gasteiger partial charge on any atom is 0.274 e. The van der Waals surface area contributed by atoms with Crippen LogP contribution in [0, 0.1) is 16.7 Å². The van der Waals surface area contributed by atoms with Crippen molar-refractivity contribution in [1.82, 2.24) is 19.3 Å². The van der Waals surface area contributed by atoms with Crippen LogP contribution in [-0.2, 0) is 5.41 Å². The first kappa shape index (κ1) is 16.0. The van der Waals surface area contributed by atoms with Crippen molar-refractivity contribution < 1.29 is 9.90 Å². The molecule has 130 valence electrons. The molecule has 2 fully saturated rings. The Morgan fingerprint density at radius 3 is 2.84 bits per heavy atom. The number of aliphatic hydroxyl groups is 1. The molecular weight excluding hydrogens is 318 g/mol. The van der Waals surface area contributed by atoms with Crippen molar-refractivity contribution >= 4 is 11.7 Å². The lowest BCUT2D eigenvalue weighted by molar-refractivity contribution is 0.0469. The normalized spacial score (nSPS) is 27.9. The molecule has 7 heteroatoms. The van der Waals surface area contributed by atoms with Gasteiger partial charge in [0, 0.05) is 37.2 Å². The highest BCUT2D eigenvalue weighted by molar-refractivity contribution is 5.92. The van der Waals surface area contributed by atoms with Crippen molar-refractivity contribution in [2.24, 2.45) is 5.41 Å². The fourth-order valence-corrected chi connectivity index (χ4v) is 3.88. The number of β-amino-alcohol motifs (C(OH)–C–C–N with tert-alkyl or cyclic N) is 1. The molecule has 1 aliphatic heterocycles. The van der Waals surface area contributed by atoms with Crippen LogP contribution in [0.1, 0.15) is 49.2 Å². The van der Waals surface area contributed by atoms with Gasteiger partial charge in [0.15, 0.2) is 0 Å². The zero-order valence-corrected chi connectivity index (χ0v) is 14.4. The fourth-order valence-electron chi connectivity index (χ4n) is 3.88. The van der Waals surface area contributed by atoms with Gasteiger partial charge < -0.3 is 10.0 Å². The standard InChI is InChI=1S/C18H21N5O2/c1-17(2)10-18(17,11-19)12-6-20-16-21-14(9-23(16)7-12)15(25)22-5-3-4-13(24)8-22/h6-7,9,13,24H,3-5,8,10H2,1-2H3. The number of fused-ring (bicyclic) bond motifs is 1. The van der Waals surface area contributed by atoms with Gasteiger partial charge in [-0.25, -0.2) is 9.97 Å². The van der Waals surface area contributed by atoms with Gasteiger partial charge in [0.2, 0.25) is 5.78 Å². The smallest absolute Gasteiger partial charge is 0.274 e. The lowest BCUT2D eigenvalue weighted by Gasteiger charge is -2.29. The second kappa shape index (κ2) is 5.27. The minimum Gasteiger partial charge on any atom is -0.391 e. The summed E-state index contributed by atoms with van der Waals surface area (Å²) in [5.74, 6) is 0.253. The molecule has 25 heavy (non-hydrogen) atoms. The summed E-state index contributed by atoms with van der Waals surface area (Å²) in [7, 11) is 0. The third-order valence-electron chi connectivity index (χ3n) is 5.63. The quantitative estimate of drug-likeness (QED) is 0.895. The Hall–Kier alpha value is -2.46. The van der Waals surface area contributed by atoms with E-state index in [0.717, 1.165) is 24.8 Å². The number of aliphatic hydroxyl groups excluding tert-OH is 1. The molecule has 0 spiro atoms. The molecule has 1 N–H and O–H groups in total. The third-order valence-corrected chi connectivity index (χ3v) is 5.63. The summed E-state index contributed by atoms with van der Waals surface area (Å²) < 4.78 is 1.72. The highest BCUT2D eigenvalue weighted by Gasteiger charge is 2.63. The van der Waals surface area contributed by atoms with Gasteiger partial charge in [-0.3, -0.25) is 9.20 Å². The van der Waals surface area contributed by atoms with Crippen LogP contribution in [0.3, 0.4) is 0 Å². The minimum absolute atomic E-state index is 0.0692. The molecule has 1 saturated carbocycles. The van der Waals surface area contributed by atoms with Crippen LogP contribution in [-0.4, -0.2) is 49.5 Å². The van der Waals surface area contributed by atoms with Crippen molar-refractivity contribution in [1.29, 1.82) is 5.26 Å². The number of carbonyl (C=O) groups is 1. The molecule has 1 saturated heterocycles. The van der Waals surface area contributed by atoms with E-state index in [9.17, 15) is 15.2 Å². The molecule has 7 nitrogen and oxygen atoms in total. The zero-order chi connectivity index (χ0) is 17.8. The van der Waals surface area contributed by atoms with Gasteiger partial charge in [-0.2, -0.15) is 5.26 Å². The summed E-state index contributed by atoms with van der Waals surface area (Å²) in [5.41, 5.74) is 0.594. The first-order valence-electron chi connectivity index (χ1n) is 8.60. The van der Waals surface area contributed by atoms with Gasteiger partial charge >= 0.3 is 0 Å². The van der Waals surface area contributed by atoms with Crippen molar-refractivity contribution in [3.8, 4) is 6.07 Å². The number of aromatic nitrogens is 3. The predicted molar refractivity (Wildman–Crippen MR) is 89.8 cm³/mol. The van der Waals surface area contributed by atoms with Crippen LogP contribution >= 0.6 is 0 Å². The Balaban J connectivity index is 1.65. The molecule has 4 rings (SSSR count). The predicted octanol–water partition coefficient (Wildman–Crippen LogP) is 1.52. The molecule has 2 aromatic heterocycles. The molecule has 0 radical (unpaired) electrons. The van der Waals surface area contributed by atoms with E-state index in [-0.39, 0.29) is 11.3 Å². The van der Waals surface area contributed by atoms with E-state index in [0.29, 0.717) is 24.6 Å². The van der Waals surface area contributed by atoms with Crippen LogP contribution in [0.2, 0.25) is 0 Å². The van der Waals surface area contributed by atoms with E-state index in [4.69, 9.17) is 0 Å². The van der Waals surface area contributed by atoms with Gasteiger partial charge in [0.25, 0.3) is 5.91 Å². The number of likely N-dealkylation sites (tertiary alicyclic amines) is 1. The summed E-state index contributed by atoms with van der Waals surface area (Å²) in [4.78, 5) is 22.9. The summed E-state index contributed by atoms with van der Waals surface area (Å²) in [6.07, 6.45) is 7.07. The zero-order valence-electron chi connectivity index (χ0n) is 14.4. The maximum atomic E-state index is 12.6. The van der Waals surface area contributed by atoms with Crippen molar-refractivity contribution in [3.05, 3.63) is 29.8 Å². The van der Waals surface area contributed by atoms with Crippen LogP contribution in [0.5, 0.6) is 0 Å². The molecule has 1 aliphatic carbocycles. The first-order chi connectivity index (χ1) is 11.9.